The van der Waals surface area contributed by atoms with E-state index in [1.807, 2.05) is 27.0 Å². The van der Waals surface area contributed by atoms with Gasteiger partial charge in [0.05, 0.1) is 18.2 Å². The van der Waals surface area contributed by atoms with Crippen LogP contribution < -0.4 is 14.8 Å². The molecule has 4 aliphatic rings. The number of aliphatic hydroxyl groups is 2. The number of ether oxygens (including phenoxy) is 3. The zero-order chi connectivity index (χ0) is 33.8. The third kappa shape index (κ3) is 5.63. The maximum Gasteiger partial charge on any atom is 0.514 e. The molecule has 47 heavy (non-hydrogen) atoms. The summed E-state index contributed by atoms with van der Waals surface area (Å²) in [6, 6.07) is 3.07. The molecule has 0 amide bonds. The van der Waals surface area contributed by atoms with Gasteiger partial charge in [-0.1, -0.05) is 26.3 Å². The minimum atomic E-state index is -2.44. The summed E-state index contributed by atoms with van der Waals surface area (Å²) in [5, 5.41) is 31.5. The molecule has 3 N–H and O–H groups in total. The third-order valence-electron chi connectivity index (χ3n) is 9.84. The second-order valence-corrected chi connectivity index (χ2v) is 14.2. The van der Waals surface area contributed by atoms with Gasteiger partial charge in [0.25, 0.3) is 5.88 Å². The molecule has 12 nitrogen and oxygen atoms in total. The number of ketones is 2. The molecule has 6 rings (SSSR count). The van der Waals surface area contributed by atoms with Gasteiger partial charge in [0.2, 0.25) is 5.78 Å². The normalized spacial score (nSPS) is 27.2. The van der Waals surface area contributed by atoms with Crippen LogP contribution >= 0.6 is 0 Å². The molecule has 2 heterocycles. The summed E-state index contributed by atoms with van der Waals surface area (Å²) in [4.78, 5) is 43.8. The molecule has 2 aromatic rings. The molecule has 1 unspecified atom stereocenters. The molecule has 254 valence electrons. The van der Waals surface area contributed by atoms with E-state index in [2.05, 4.69) is 15.4 Å². The molecule has 1 aromatic carbocycles. The number of Topliss-reactive ketones (excluding diaryl/α,β-unsaturated/α-hetero) is 2. The van der Waals surface area contributed by atoms with Crippen LogP contribution in [0.3, 0.4) is 0 Å². The van der Waals surface area contributed by atoms with E-state index < -0.39 is 52.6 Å². The lowest BCUT2D eigenvalue weighted by Gasteiger charge is -2.48. The first kappa shape index (κ1) is 33.2. The molecule has 0 radical (unpaired) electrons. The van der Waals surface area contributed by atoms with Crippen molar-refractivity contribution in [2.24, 2.45) is 11.8 Å². The molecule has 0 bridgehead atoms. The van der Waals surface area contributed by atoms with Crippen LogP contribution in [0.2, 0.25) is 0 Å². The van der Waals surface area contributed by atoms with Crippen molar-refractivity contribution >= 4 is 17.7 Å². The molecule has 3 aliphatic carbocycles. The van der Waals surface area contributed by atoms with E-state index in [0.717, 1.165) is 37.8 Å². The van der Waals surface area contributed by atoms with Gasteiger partial charge >= 0.3 is 6.16 Å². The zero-order valence-corrected chi connectivity index (χ0v) is 28.0. The Hall–Kier alpha value is -3.74. The maximum atomic E-state index is 14.5. The number of aromatic nitrogens is 1. The summed E-state index contributed by atoms with van der Waals surface area (Å²) >= 11 is 0. The van der Waals surface area contributed by atoms with Gasteiger partial charge in [-0.3, -0.25) is 14.5 Å². The highest BCUT2D eigenvalue weighted by molar-refractivity contribution is 6.16. The first-order valence-corrected chi connectivity index (χ1v) is 16.7. The number of hydrogen-bond donors (Lipinski definition) is 3. The first-order valence-electron chi connectivity index (χ1n) is 16.7. The van der Waals surface area contributed by atoms with Crippen LogP contribution in [0, 0.1) is 11.8 Å². The Bertz CT molecular complexity index is 1620. The van der Waals surface area contributed by atoms with E-state index >= 15 is 0 Å². The minimum Gasteiger partial charge on any atom is -0.508 e. The van der Waals surface area contributed by atoms with Gasteiger partial charge in [-0.25, -0.2) is 4.79 Å². The molecular weight excluding hydrogens is 606 g/mol. The molecular formula is C35H45N3O9. The summed E-state index contributed by atoms with van der Waals surface area (Å²) in [6.07, 6.45) is 3.07. The maximum absolute atomic E-state index is 14.5. The number of likely N-dealkylation sites (tertiary alicyclic amines) is 1. The lowest BCUT2D eigenvalue weighted by Crippen LogP contribution is -2.59. The summed E-state index contributed by atoms with van der Waals surface area (Å²) in [7, 11) is 2.04. The minimum absolute atomic E-state index is 0.0262. The van der Waals surface area contributed by atoms with Crippen LogP contribution in [0.15, 0.2) is 28.0 Å². The van der Waals surface area contributed by atoms with Crippen molar-refractivity contribution in [3.8, 4) is 11.6 Å². The monoisotopic (exact) mass is 651 g/mol. The van der Waals surface area contributed by atoms with E-state index in [9.17, 15) is 24.6 Å². The standard InChI is InChI=1S/C35H45N3O9/c1-7-9-13-44-32-26-29(47-37-32)27(36-8-2)21-16-20-15-19-14-18(22-11-10-12-38(22)6)17-23(45-33(42)46-34(3,4)5)24(19)28(39)25(20)30(40)35(21,43)31(26)41/h14,17,20-22,27,36,40,43H,7-13,15-16H2,1-6H3/t20-,21-,22?,27-,35-/m0/s1. The van der Waals surface area contributed by atoms with Crippen LogP contribution in [0.25, 0.3) is 0 Å². The molecule has 5 atom stereocenters. The number of aliphatic hydroxyl groups excluding tert-OH is 1. The number of nitrogens with one attached hydrogen (secondary N) is 1. The number of allylic oxidation sites excluding steroid dienone is 1. The number of hydrogen-bond acceptors (Lipinski definition) is 12. The van der Waals surface area contributed by atoms with Crippen LogP contribution in [0.5, 0.6) is 11.6 Å². The average molecular weight is 652 g/mol. The highest BCUT2D eigenvalue weighted by atomic mass is 16.7. The van der Waals surface area contributed by atoms with E-state index in [1.165, 1.54) is 0 Å². The summed E-state index contributed by atoms with van der Waals surface area (Å²) < 4.78 is 22.6. The van der Waals surface area contributed by atoms with Crippen LogP contribution in [0.4, 0.5) is 4.79 Å². The van der Waals surface area contributed by atoms with Crippen molar-refractivity contribution in [1.29, 1.82) is 0 Å². The lowest BCUT2D eigenvalue weighted by atomic mass is 9.58. The van der Waals surface area contributed by atoms with Gasteiger partial charge in [-0.05, 0) is 101 Å². The highest BCUT2D eigenvalue weighted by Crippen LogP contribution is 2.55. The fraction of sp³-hybridized carbons (Fsp3) is 0.600. The van der Waals surface area contributed by atoms with Gasteiger partial charge < -0.3 is 34.3 Å². The van der Waals surface area contributed by atoms with Crippen molar-refractivity contribution in [3.63, 3.8) is 0 Å². The Balaban J connectivity index is 1.46. The molecule has 1 aliphatic heterocycles. The molecule has 1 aromatic heterocycles. The third-order valence-corrected chi connectivity index (χ3v) is 9.84. The second kappa shape index (κ2) is 12.4. The Kier molecular flexibility index (Phi) is 8.73. The molecule has 1 fully saturated rings. The highest BCUT2D eigenvalue weighted by Gasteiger charge is 2.63. The number of unbranched alkanes of at least 4 members (excludes halogenated alkanes) is 1. The number of rotatable bonds is 8. The fourth-order valence-electron chi connectivity index (χ4n) is 7.73. The Morgan fingerprint density at radius 1 is 1.21 bits per heavy atom. The zero-order valence-electron chi connectivity index (χ0n) is 28.0. The van der Waals surface area contributed by atoms with E-state index in [4.69, 9.17) is 18.7 Å². The van der Waals surface area contributed by atoms with Gasteiger partial charge in [-0.15, -0.1) is 0 Å². The summed E-state index contributed by atoms with van der Waals surface area (Å²) in [6.45, 7) is 10.7. The van der Waals surface area contributed by atoms with Gasteiger partial charge in [0.15, 0.2) is 17.1 Å². The fourth-order valence-corrected chi connectivity index (χ4v) is 7.73. The molecule has 12 heteroatoms. The molecule has 1 saturated heterocycles. The Morgan fingerprint density at radius 2 is 1.98 bits per heavy atom. The van der Waals surface area contributed by atoms with Crippen LogP contribution in [-0.4, -0.2) is 75.9 Å². The van der Waals surface area contributed by atoms with Gasteiger partial charge in [-0.2, -0.15) is 0 Å². The topological polar surface area (TPSA) is 161 Å². The number of carbonyl (C=O) groups is 3. The molecule has 0 saturated carbocycles. The van der Waals surface area contributed by atoms with Gasteiger partial charge in [0.1, 0.15) is 22.7 Å². The van der Waals surface area contributed by atoms with E-state index in [1.54, 1.807) is 26.8 Å². The van der Waals surface area contributed by atoms with E-state index in [0.29, 0.717) is 25.1 Å². The number of fused-ring (bicyclic) bond motifs is 4. The summed E-state index contributed by atoms with van der Waals surface area (Å²) in [5.41, 5.74) is -1.67. The predicted octanol–water partition coefficient (Wildman–Crippen LogP) is 5.40. The smallest absolute Gasteiger partial charge is 0.508 e. The second-order valence-electron chi connectivity index (χ2n) is 14.2. The molecule has 0 spiro atoms. The average Bonchev–Trinajstić information content (AvgIpc) is 3.62. The predicted molar refractivity (Wildman–Crippen MR) is 170 cm³/mol. The van der Waals surface area contributed by atoms with Gasteiger partial charge in [0, 0.05) is 17.5 Å². The van der Waals surface area contributed by atoms with Crippen LogP contribution in [-0.2, 0) is 11.2 Å². The van der Waals surface area contributed by atoms with Crippen molar-refractivity contribution in [2.75, 3.05) is 26.7 Å². The number of carbonyl (C=O) groups excluding carboxylic acids is 3. The number of nitrogens with zero attached hydrogens (tertiary/aromatic N) is 2. The lowest BCUT2D eigenvalue weighted by molar-refractivity contribution is -0.0403. The largest absolute Gasteiger partial charge is 0.514 e. The Morgan fingerprint density at radius 3 is 2.64 bits per heavy atom. The number of benzene rings is 1. The van der Waals surface area contributed by atoms with Crippen molar-refractivity contribution in [1.82, 2.24) is 15.4 Å². The SMILES string of the molecule is CCCCOc1noc2c1C(=O)[C@@]1(O)C(O)=C3C(=O)c4c(cc(C5CCCN5C)cc4OC(=O)OC(C)(C)C)C[C@H]3C[C@H]1[C@@H]2NCC. The first-order chi connectivity index (χ1) is 22.3. The van der Waals surface area contributed by atoms with Crippen molar-refractivity contribution in [2.45, 2.75) is 96.4 Å². The Labute approximate surface area is 274 Å². The van der Waals surface area contributed by atoms with Crippen LogP contribution in [0.1, 0.15) is 116 Å². The summed E-state index contributed by atoms with van der Waals surface area (Å²) in [5.74, 6) is -3.29. The van der Waals surface area contributed by atoms with Crippen molar-refractivity contribution in [3.05, 3.63) is 51.5 Å². The van der Waals surface area contributed by atoms with Crippen molar-refractivity contribution < 1.29 is 43.3 Å². The quantitative estimate of drug-likeness (QED) is 0.190. The van der Waals surface area contributed by atoms with E-state index in [-0.39, 0.29) is 46.6 Å².